The van der Waals surface area contributed by atoms with Crippen LogP contribution in [0.1, 0.15) is 0 Å². The van der Waals surface area contributed by atoms with Gasteiger partial charge in [0.25, 0.3) is 0 Å². The molecule has 0 amide bonds. The van der Waals surface area contributed by atoms with E-state index >= 15 is 0 Å². The van der Waals surface area contributed by atoms with Gasteiger partial charge in [0.15, 0.2) is 4.98 Å². The minimum absolute atomic E-state index is 0.525. The molecule has 0 aliphatic rings. The van der Waals surface area contributed by atoms with Gasteiger partial charge in [-0.15, -0.1) is 0 Å². The number of rotatable bonds is 3. The molecule has 0 aliphatic heterocycles. The van der Waals surface area contributed by atoms with Crippen molar-refractivity contribution in [2.45, 2.75) is 0 Å². The van der Waals surface area contributed by atoms with Crippen LogP contribution in [0.2, 0.25) is 0 Å². The first-order valence-corrected chi connectivity index (χ1v) is 3.80. The Morgan fingerprint density at radius 3 is 2.08 bits per heavy atom. The van der Waals surface area contributed by atoms with E-state index < -0.39 is 0 Å². The van der Waals surface area contributed by atoms with Crippen LogP contribution in [0.15, 0.2) is 49.8 Å². The number of diazo groups is 1. The quantitative estimate of drug-likeness (QED) is 0.655. The lowest BCUT2D eigenvalue weighted by Crippen LogP contribution is -2.04. The third kappa shape index (κ3) is 1.94. The average molecular weight is 172 g/mol. The van der Waals surface area contributed by atoms with E-state index in [0.717, 1.165) is 5.69 Å². The summed E-state index contributed by atoms with van der Waals surface area (Å²) in [6.45, 7) is 7.27. The van der Waals surface area contributed by atoms with Crippen LogP contribution in [0.25, 0.3) is 4.98 Å². The lowest BCUT2D eigenvalue weighted by molar-refractivity contribution is 1.30. The highest BCUT2D eigenvalue weighted by Crippen LogP contribution is 2.19. The highest BCUT2D eigenvalue weighted by Gasteiger charge is 2.04. The number of anilines is 1. The van der Waals surface area contributed by atoms with Crippen molar-refractivity contribution in [3.63, 3.8) is 0 Å². The van der Waals surface area contributed by atoms with Crippen molar-refractivity contribution in [2.24, 2.45) is 0 Å². The summed E-state index contributed by atoms with van der Waals surface area (Å²) in [6.07, 6.45) is 3.30. The molecule has 0 radical (unpaired) electrons. The molecule has 3 heteroatoms. The molecule has 0 spiro atoms. The molecule has 0 atom stereocenters. The van der Waals surface area contributed by atoms with E-state index in [1.165, 1.54) is 0 Å². The number of benzene rings is 1. The van der Waals surface area contributed by atoms with Crippen LogP contribution in [0.4, 0.5) is 11.4 Å². The van der Waals surface area contributed by atoms with E-state index in [2.05, 4.69) is 18.1 Å². The summed E-state index contributed by atoms with van der Waals surface area (Å²) in [7, 11) is 0. The van der Waals surface area contributed by atoms with Crippen molar-refractivity contribution in [1.82, 2.24) is 0 Å². The smallest absolute Gasteiger partial charge is 0.325 e. The monoisotopic (exact) mass is 172 g/mol. The van der Waals surface area contributed by atoms with E-state index in [-0.39, 0.29) is 0 Å². The zero-order valence-electron chi connectivity index (χ0n) is 7.22. The van der Waals surface area contributed by atoms with Crippen LogP contribution in [0.3, 0.4) is 0 Å². The summed E-state index contributed by atoms with van der Waals surface area (Å²) < 4.78 is 0. The van der Waals surface area contributed by atoms with Gasteiger partial charge < -0.3 is 4.90 Å². The van der Waals surface area contributed by atoms with Crippen molar-refractivity contribution in [3.05, 3.63) is 54.8 Å². The Bertz CT molecular complexity index is 337. The molecule has 64 valence electrons. The average Bonchev–Trinajstić information content (AvgIpc) is 2.21. The first-order valence-electron chi connectivity index (χ1n) is 3.80. The second-order valence-electron chi connectivity index (χ2n) is 2.39. The molecule has 13 heavy (non-hydrogen) atoms. The third-order valence-corrected chi connectivity index (χ3v) is 1.66. The summed E-state index contributed by atoms with van der Waals surface area (Å²) in [5.74, 6) is 0. The predicted octanol–water partition coefficient (Wildman–Crippen LogP) is 3.26. The Morgan fingerprint density at radius 1 is 1.15 bits per heavy atom. The zero-order valence-corrected chi connectivity index (χ0v) is 7.22. The summed E-state index contributed by atoms with van der Waals surface area (Å²) in [5, 5.41) is 8.45. The van der Waals surface area contributed by atoms with Gasteiger partial charge in [-0.3, -0.25) is 0 Å². The van der Waals surface area contributed by atoms with E-state index in [9.17, 15) is 0 Å². The van der Waals surface area contributed by atoms with Gasteiger partial charge in [0.2, 0.25) is 5.39 Å². The van der Waals surface area contributed by atoms with Crippen LogP contribution in [-0.4, -0.2) is 0 Å². The first-order chi connectivity index (χ1) is 6.31. The van der Waals surface area contributed by atoms with Crippen LogP contribution in [0, 0.1) is 5.39 Å². The third-order valence-electron chi connectivity index (χ3n) is 1.66. The Balaban J connectivity index is 2.98. The van der Waals surface area contributed by atoms with Crippen molar-refractivity contribution >= 4 is 11.4 Å². The second-order valence-corrected chi connectivity index (χ2v) is 2.39. The fraction of sp³-hybridized carbons (Fsp3) is 0. The number of hydrogen-bond donors (Lipinski definition) is 0. The molecule has 1 aromatic carbocycles. The number of hydrogen-bond acceptors (Lipinski definition) is 2. The largest absolute Gasteiger partial charge is 0.385 e. The van der Waals surface area contributed by atoms with Crippen molar-refractivity contribution in [1.29, 1.82) is 5.39 Å². The van der Waals surface area contributed by atoms with Gasteiger partial charge >= 0.3 is 5.69 Å². The van der Waals surface area contributed by atoms with Gasteiger partial charge in [0.1, 0.15) is 0 Å². The van der Waals surface area contributed by atoms with Crippen LogP contribution >= 0.6 is 0 Å². The van der Waals surface area contributed by atoms with Gasteiger partial charge in [-0.05, 0) is 12.1 Å². The SMILES string of the molecule is C=CN(C=C)c1ccc([N+]#N)cc1. The van der Waals surface area contributed by atoms with Gasteiger partial charge in [-0.2, -0.15) is 0 Å². The summed E-state index contributed by atoms with van der Waals surface area (Å²) in [6, 6.07) is 7.04. The molecule has 1 rings (SSSR count). The lowest BCUT2D eigenvalue weighted by atomic mass is 10.3. The molecule has 0 N–H and O–H groups in total. The Morgan fingerprint density at radius 2 is 1.69 bits per heavy atom. The highest BCUT2D eigenvalue weighted by molar-refractivity contribution is 5.57. The van der Waals surface area contributed by atoms with E-state index in [4.69, 9.17) is 5.39 Å². The topological polar surface area (TPSA) is 31.4 Å². The van der Waals surface area contributed by atoms with E-state index in [1.807, 2.05) is 12.1 Å². The number of nitrogens with zero attached hydrogens (tertiary/aromatic N) is 3. The summed E-state index contributed by atoms with van der Waals surface area (Å²) in [5.41, 5.74) is 1.45. The van der Waals surface area contributed by atoms with Crippen LogP contribution < -0.4 is 4.90 Å². The molecule has 0 saturated carbocycles. The molecule has 0 heterocycles. The van der Waals surface area contributed by atoms with Gasteiger partial charge in [0.05, 0.1) is 0 Å². The molecular weight excluding hydrogens is 162 g/mol. The second kappa shape index (κ2) is 4.07. The van der Waals surface area contributed by atoms with Crippen molar-refractivity contribution in [3.8, 4) is 0 Å². The molecule has 3 nitrogen and oxygen atoms in total. The standard InChI is InChI=1S/C10H10N3/c1-3-13(4-2)10-7-5-9(12-11)6-8-10/h3-8H,1-2H2/q+1. The maximum absolute atomic E-state index is 8.45. The molecule has 0 saturated heterocycles. The fourth-order valence-electron chi connectivity index (χ4n) is 0.977. The predicted molar refractivity (Wildman–Crippen MR) is 54.1 cm³/mol. The molecule has 0 aromatic heterocycles. The minimum Gasteiger partial charge on any atom is -0.325 e. The molecule has 0 fully saturated rings. The maximum Gasteiger partial charge on any atom is 0.385 e. The Kier molecular flexibility index (Phi) is 2.82. The van der Waals surface area contributed by atoms with Gasteiger partial charge in [0, 0.05) is 30.2 Å². The maximum atomic E-state index is 8.45. The van der Waals surface area contributed by atoms with Crippen LogP contribution in [0.5, 0.6) is 0 Å². The summed E-state index contributed by atoms with van der Waals surface area (Å²) >= 11 is 0. The molecule has 1 aromatic rings. The normalized spacial score (nSPS) is 8.54. The van der Waals surface area contributed by atoms with Gasteiger partial charge in [-0.25, -0.2) is 0 Å². The molecule has 0 bridgehead atoms. The molecular formula is C10H10N3+. The first kappa shape index (κ1) is 9.01. The van der Waals surface area contributed by atoms with Gasteiger partial charge in [-0.1, -0.05) is 13.2 Å². The Hall–Kier alpha value is -2.08. The van der Waals surface area contributed by atoms with E-state index in [1.54, 1.807) is 29.4 Å². The molecule has 0 unspecified atom stereocenters. The Labute approximate surface area is 77.2 Å². The minimum atomic E-state index is 0.525. The van der Waals surface area contributed by atoms with Crippen molar-refractivity contribution in [2.75, 3.05) is 4.90 Å². The van der Waals surface area contributed by atoms with E-state index in [0.29, 0.717) is 5.69 Å². The lowest BCUT2D eigenvalue weighted by Gasteiger charge is -2.12. The highest BCUT2D eigenvalue weighted by atomic mass is 15.1. The fourth-order valence-corrected chi connectivity index (χ4v) is 0.977. The molecule has 0 aliphatic carbocycles. The van der Waals surface area contributed by atoms with Crippen molar-refractivity contribution < 1.29 is 0 Å². The summed E-state index contributed by atoms with van der Waals surface area (Å²) in [4.78, 5) is 4.82. The van der Waals surface area contributed by atoms with Crippen LogP contribution in [-0.2, 0) is 0 Å². The zero-order chi connectivity index (χ0) is 9.68.